The second-order valence-corrected chi connectivity index (χ2v) is 12.4. The zero-order valence-corrected chi connectivity index (χ0v) is 24.2. The van der Waals surface area contributed by atoms with Gasteiger partial charge in [-0.3, -0.25) is 9.88 Å². The fourth-order valence-corrected chi connectivity index (χ4v) is 6.74. The van der Waals surface area contributed by atoms with Crippen LogP contribution in [0.25, 0.3) is 10.9 Å². The number of piperidine rings is 1. The van der Waals surface area contributed by atoms with Crippen LogP contribution in [0.4, 0.5) is 5.69 Å². The van der Waals surface area contributed by atoms with Crippen molar-refractivity contribution in [2.45, 2.75) is 64.0 Å². The Bertz CT molecular complexity index is 1200. The molecule has 1 unspecified atom stereocenters. The van der Waals surface area contributed by atoms with Gasteiger partial charge in [-0.15, -0.1) is 11.3 Å². The van der Waals surface area contributed by atoms with Crippen molar-refractivity contribution in [2.24, 2.45) is 0 Å². The lowest BCUT2D eigenvalue weighted by Crippen LogP contribution is -2.43. The standard InChI is InChI=1S/C30H43N5O2S/c1-22(2)29-32-24(21-38-29)25(10-16-33-17-11-30(3,36)12-18-33)34-14-6-15-35(20-19-34)28-26(37-4)9-8-23-7-5-13-31-27(23)28/h5,7-9,13,21-22,25,36H,6,10-12,14-20H2,1-4H3. The Kier molecular flexibility index (Phi) is 8.53. The van der Waals surface area contributed by atoms with E-state index in [1.165, 1.54) is 10.7 Å². The lowest BCUT2D eigenvalue weighted by atomic mass is 9.93. The van der Waals surface area contributed by atoms with Crippen molar-refractivity contribution >= 4 is 27.9 Å². The number of rotatable bonds is 8. The van der Waals surface area contributed by atoms with Crippen molar-refractivity contribution in [3.63, 3.8) is 0 Å². The van der Waals surface area contributed by atoms with E-state index < -0.39 is 5.60 Å². The number of hydrogen-bond acceptors (Lipinski definition) is 8. The van der Waals surface area contributed by atoms with E-state index in [-0.39, 0.29) is 0 Å². The number of anilines is 1. The van der Waals surface area contributed by atoms with Crippen LogP contribution in [0.15, 0.2) is 35.8 Å². The van der Waals surface area contributed by atoms with E-state index in [1.807, 2.05) is 19.2 Å². The van der Waals surface area contributed by atoms with Crippen molar-refractivity contribution < 1.29 is 9.84 Å². The summed E-state index contributed by atoms with van der Waals surface area (Å²) in [4.78, 5) is 17.5. The molecule has 2 saturated heterocycles. The predicted molar refractivity (Wildman–Crippen MR) is 157 cm³/mol. The van der Waals surface area contributed by atoms with Crippen LogP contribution in [-0.4, -0.2) is 83.4 Å². The molecule has 1 atom stereocenters. The third-order valence-corrected chi connectivity index (χ3v) is 9.41. The summed E-state index contributed by atoms with van der Waals surface area (Å²) in [6.45, 7) is 13.3. The van der Waals surface area contributed by atoms with Crippen molar-refractivity contribution in [1.82, 2.24) is 19.8 Å². The first-order valence-electron chi connectivity index (χ1n) is 14.2. The van der Waals surface area contributed by atoms with Gasteiger partial charge in [-0.05, 0) is 50.8 Å². The third-order valence-electron chi connectivity index (χ3n) is 8.25. The third kappa shape index (κ3) is 6.14. The van der Waals surface area contributed by atoms with Gasteiger partial charge in [-0.2, -0.15) is 0 Å². The molecule has 0 saturated carbocycles. The Morgan fingerprint density at radius 2 is 1.89 bits per heavy atom. The molecule has 0 radical (unpaired) electrons. The zero-order valence-electron chi connectivity index (χ0n) is 23.4. The number of benzene rings is 1. The van der Waals surface area contributed by atoms with Crippen molar-refractivity contribution in [1.29, 1.82) is 0 Å². The lowest BCUT2D eigenvalue weighted by Gasteiger charge is -2.37. The van der Waals surface area contributed by atoms with Gasteiger partial charge in [-0.25, -0.2) is 4.98 Å². The molecule has 2 aliphatic rings. The summed E-state index contributed by atoms with van der Waals surface area (Å²) in [5, 5.41) is 15.1. The zero-order chi connectivity index (χ0) is 26.7. The van der Waals surface area contributed by atoms with Crippen LogP contribution in [0.3, 0.4) is 0 Å². The monoisotopic (exact) mass is 537 g/mol. The number of pyridine rings is 1. The van der Waals surface area contributed by atoms with E-state index in [4.69, 9.17) is 14.7 Å². The molecule has 1 aromatic carbocycles. The Balaban J connectivity index is 1.35. The number of aliphatic hydroxyl groups is 1. The van der Waals surface area contributed by atoms with Gasteiger partial charge >= 0.3 is 0 Å². The molecule has 7 nitrogen and oxygen atoms in total. The minimum absolute atomic E-state index is 0.300. The summed E-state index contributed by atoms with van der Waals surface area (Å²) in [6, 6.07) is 8.59. The van der Waals surface area contributed by atoms with E-state index in [2.05, 4.69) is 52.1 Å². The van der Waals surface area contributed by atoms with Crippen LogP contribution >= 0.6 is 11.3 Å². The second-order valence-electron chi connectivity index (χ2n) is 11.5. The summed E-state index contributed by atoms with van der Waals surface area (Å²) in [6.07, 6.45) is 5.72. The van der Waals surface area contributed by atoms with E-state index in [1.54, 1.807) is 18.4 Å². The molecule has 1 N–H and O–H groups in total. The SMILES string of the molecule is COc1ccc2cccnc2c1N1CCCN(C(CCN2CCC(C)(O)CC2)c2csc(C(C)C)n2)CC1. The predicted octanol–water partition coefficient (Wildman–Crippen LogP) is 5.31. The van der Waals surface area contributed by atoms with Crippen molar-refractivity contribution in [2.75, 3.05) is 57.8 Å². The molecule has 0 spiro atoms. The average molecular weight is 538 g/mol. The number of methoxy groups -OCH3 is 1. The van der Waals surface area contributed by atoms with Gasteiger partial charge in [0.25, 0.3) is 0 Å². The van der Waals surface area contributed by atoms with Gasteiger partial charge in [0, 0.05) is 68.7 Å². The fraction of sp³-hybridized carbons (Fsp3) is 0.600. The maximum absolute atomic E-state index is 10.4. The summed E-state index contributed by atoms with van der Waals surface area (Å²) in [5.74, 6) is 1.34. The van der Waals surface area contributed by atoms with Crippen LogP contribution in [-0.2, 0) is 0 Å². The Morgan fingerprint density at radius 3 is 2.63 bits per heavy atom. The van der Waals surface area contributed by atoms with E-state index in [0.29, 0.717) is 12.0 Å². The van der Waals surface area contributed by atoms with Gasteiger partial charge in [0.15, 0.2) is 0 Å². The molecule has 2 fully saturated rings. The summed E-state index contributed by atoms with van der Waals surface area (Å²) in [5.41, 5.74) is 2.84. The fourth-order valence-electron chi connectivity index (χ4n) is 5.85. The Labute approximate surface area is 231 Å². The van der Waals surface area contributed by atoms with Crippen molar-refractivity contribution in [3.05, 3.63) is 46.5 Å². The normalized spacial score (nSPS) is 20.1. The average Bonchev–Trinajstić information content (AvgIpc) is 3.29. The maximum Gasteiger partial charge on any atom is 0.144 e. The number of fused-ring (bicyclic) bond motifs is 1. The molecule has 3 aromatic rings. The van der Waals surface area contributed by atoms with Gasteiger partial charge in [0.05, 0.1) is 35.0 Å². The van der Waals surface area contributed by atoms with E-state index in [9.17, 15) is 5.11 Å². The smallest absolute Gasteiger partial charge is 0.144 e. The molecular weight excluding hydrogens is 494 g/mol. The van der Waals surface area contributed by atoms with Gasteiger partial charge in [-0.1, -0.05) is 19.9 Å². The number of hydrogen-bond donors (Lipinski definition) is 1. The highest BCUT2D eigenvalue weighted by Gasteiger charge is 2.30. The van der Waals surface area contributed by atoms with Crippen LogP contribution in [0.1, 0.15) is 69.1 Å². The molecule has 0 bridgehead atoms. The molecular formula is C30H43N5O2S. The summed E-state index contributed by atoms with van der Waals surface area (Å²) < 4.78 is 5.81. The van der Waals surface area contributed by atoms with Crippen LogP contribution in [0, 0.1) is 0 Å². The van der Waals surface area contributed by atoms with E-state index in [0.717, 1.165) is 93.8 Å². The maximum atomic E-state index is 10.4. The molecule has 5 rings (SSSR count). The highest BCUT2D eigenvalue weighted by atomic mass is 32.1. The van der Waals surface area contributed by atoms with Crippen LogP contribution < -0.4 is 9.64 Å². The first-order chi connectivity index (χ1) is 18.3. The quantitative estimate of drug-likeness (QED) is 0.418. The molecule has 2 aromatic heterocycles. The molecule has 206 valence electrons. The number of thiazole rings is 1. The number of ether oxygens (including phenoxy) is 1. The molecule has 0 aliphatic carbocycles. The second kappa shape index (κ2) is 11.9. The molecule has 38 heavy (non-hydrogen) atoms. The van der Waals surface area contributed by atoms with Crippen LogP contribution in [0.2, 0.25) is 0 Å². The number of nitrogens with zero attached hydrogens (tertiary/aromatic N) is 5. The first-order valence-corrected chi connectivity index (χ1v) is 15.0. The van der Waals surface area contributed by atoms with Crippen LogP contribution in [0.5, 0.6) is 5.75 Å². The van der Waals surface area contributed by atoms with Gasteiger partial charge in [0.2, 0.25) is 0 Å². The summed E-state index contributed by atoms with van der Waals surface area (Å²) in [7, 11) is 1.75. The number of aromatic nitrogens is 2. The van der Waals surface area contributed by atoms with Gasteiger partial charge in [0.1, 0.15) is 11.4 Å². The first kappa shape index (κ1) is 27.3. The lowest BCUT2D eigenvalue weighted by molar-refractivity contribution is -0.00719. The Hall–Kier alpha value is -2.26. The number of likely N-dealkylation sites (tertiary alicyclic amines) is 1. The molecule has 2 aliphatic heterocycles. The Morgan fingerprint density at radius 1 is 1.08 bits per heavy atom. The topological polar surface area (TPSA) is 65.0 Å². The van der Waals surface area contributed by atoms with Gasteiger partial charge < -0.3 is 19.6 Å². The minimum Gasteiger partial charge on any atom is -0.494 e. The summed E-state index contributed by atoms with van der Waals surface area (Å²) >= 11 is 1.80. The largest absolute Gasteiger partial charge is 0.494 e. The van der Waals surface area contributed by atoms with Crippen molar-refractivity contribution in [3.8, 4) is 5.75 Å². The highest BCUT2D eigenvalue weighted by Crippen LogP contribution is 2.37. The van der Waals surface area contributed by atoms with E-state index >= 15 is 0 Å². The molecule has 0 amide bonds. The minimum atomic E-state index is -0.511. The highest BCUT2D eigenvalue weighted by molar-refractivity contribution is 7.09. The molecule has 4 heterocycles. The molecule has 8 heteroatoms.